The second-order valence-corrected chi connectivity index (χ2v) is 7.47. The van der Waals surface area contributed by atoms with Crippen molar-refractivity contribution in [3.8, 4) is 5.75 Å². The third-order valence-corrected chi connectivity index (χ3v) is 5.06. The summed E-state index contributed by atoms with van der Waals surface area (Å²) in [7, 11) is 0. The van der Waals surface area contributed by atoms with Crippen molar-refractivity contribution in [1.29, 1.82) is 0 Å². The van der Waals surface area contributed by atoms with E-state index in [0.29, 0.717) is 17.6 Å². The summed E-state index contributed by atoms with van der Waals surface area (Å²) in [5.41, 5.74) is 1.98. The summed E-state index contributed by atoms with van der Waals surface area (Å²) in [6, 6.07) is 15.6. The molecule has 0 saturated carbocycles. The second-order valence-electron chi connectivity index (χ2n) is 7.47. The molecule has 0 radical (unpaired) electrons. The molecule has 2 aromatic carbocycles. The van der Waals surface area contributed by atoms with Gasteiger partial charge in [-0.05, 0) is 51.5 Å². The Morgan fingerprint density at radius 2 is 1.62 bits per heavy atom. The molecular formula is C22H30NO3+. The van der Waals surface area contributed by atoms with Crippen LogP contribution in [0.1, 0.15) is 61.5 Å². The first-order chi connectivity index (χ1) is 12.3. The van der Waals surface area contributed by atoms with Crippen LogP contribution in [-0.4, -0.2) is 34.8 Å². The Hall–Kier alpha value is -2.33. The van der Waals surface area contributed by atoms with E-state index in [1.807, 2.05) is 30.3 Å². The SMILES string of the molecule is CC(C)[NH+](CCC(c1ccccc1)c1cc(C(=O)O)ccc1O)C(C)C. The van der Waals surface area contributed by atoms with Crippen molar-refractivity contribution < 1.29 is 19.9 Å². The van der Waals surface area contributed by atoms with Crippen molar-refractivity contribution in [1.82, 2.24) is 0 Å². The molecule has 3 N–H and O–H groups in total. The average Bonchev–Trinajstić information content (AvgIpc) is 2.59. The number of benzene rings is 2. The normalized spacial score (nSPS) is 12.7. The first-order valence-corrected chi connectivity index (χ1v) is 9.28. The zero-order valence-corrected chi connectivity index (χ0v) is 16.1. The minimum Gasteiger partial charge on any atom is -0.508 e. The van der Waals surface area contributed by atoms with Gasteiger partial charge in [0.15, 0.2) is 0 Å². The van der Waals surface area contributed by atoms with Crippen LogP contribution < -0.4 is 4.90 Å². The van der Waals surface area contributed by atoms with E-state index in [-0.39, 0.29) is 17.2 Å². The summed E-state index contributed by atoms with van der Waals surface area (Å²) < 4.78 is 0. The van der Waals surface area contributed by atoms with Crippen LogP contribution in [0.4, 0.5) is 0 Å². The van der Waals surface area contributed by atoms with E-state index in [9.17, 15) is 15.0 Å². The number of rotatable bonds is 8. The third-order valence-electron chi connectivity index (χ3n) is 5.06. The highest BCUT2D eigenvalue weighted by Gasteiger charge is 2.24. The lowest BCUT2D eigenvalue weighted by Gasteiger charge is -2.29. The molecule has 0 amide bonds. The maximum absolute atomic E-state index is 11.4. The van der Waals surface area contributed by atoms with Gasteiger partial charge in [-0.15, -0.1) is 0 Å². The standard InChI is InChI=1S/C22H29NO3/c1-15(2)23(16(3)4)13-12-19(17-8-6-5-7-9-17)20-14-18(22(25)26)10-11-21(20)24/h5-11,14-16,19,24H,12-13H2,1-4H3,(H,25,26)/p+1. The summed E-state index contributed by atoms with van der Waals surface area (Å²) in [5.74, 6) is -0.864. The molecule has 0 aliphatic carbocycles. The topological polar surface area (TPSA) is 62.0 Å². The largest absolute Gasteiger partial charge is 0.508 e. The highest BCUT2D eigenvalue weighted by atomic mass is 16.4. The Labute approximate surface area is 156 Å². The Morgan fingerprint density at radius 3 is 2.15 bits per heavy atom. The first kappa shape index (κ1) is 20.0. The van der Waals surface area contributed by atoms with E-state index < -0.39 is 5.97 Å². The number of carboxylic acids is 1. The number of phenols is 1. The molecule has 0 spiro atoms. The molecule has 2 aromatic rings. The number of phenolic OH excluding ortho intramolecular Hbond substituents is 1. The van der Waals surface area contributed by atoms with E-state index in [4.69, 9.17) is 0 Å². The lowest BCUT2D eigenvalue weighted by atomic mass is 9.86. The molecular weight excluding hydrogens is 326 g/mol. The van der Waals surface area contributed by atoms with Gasteiger partial charge in [0, 0.05) is 17.9 Å². The number of quaternary nitrogens is 1. The quantitative estimate of drug-likeness (QED) is 0.680. The zero-order valence-electron chi connectivity index (χ0n) is 16.1. The fourth-order valence-electron chi connectivity index (χ4n) is 3.71. The molecule has 0 aliphatic heterocycles. The van der Waals surface area contributed by atoms with Crippen LogP contribution in [0.3, 0.4) is 0 Å². The molecule has 4 nitrogen and oxygen atoms in total. The second kappa shape index (κ2) is 8.86. The molecule has 26 heavy (non-hydrogen) atoms. The Bertz CT molecular complexity index is 717. The lowest BCUT2D eigenvalue weighted by molar-refractivity contribution is -0.942. The number of hydrogen-bond donors (Lipinski definition) is 3. The van der Waals surface area contributed by atoms with Crippen LogP contribution in [0.5, 0.6) is 5.75 Å². The van der Waals surface area contributed by atoms with E-state index in [1.54, 1.807) is 6.07 Å². The van der Waals surface area contributed by atoms with Gasteiger partial charge in [-0.2, -0.15) is 0 Å². The molecule has 2 rings (SSSR count). The van der Waals surface area contributed by atoms with Gasteiger partial charge in [0.05, 0.1) is 24.2 Å². The fourth-order valence-corrected chi connectivity index (χ4v) is 3.71. The fraction of sp³-hybridized carbons (Fsp3) is 0.409. The van der Waals surface area contributed by atoms with Crippen LogP contribution >= 0.6 is 0 Å². The van der Waals surface area contributed by atoms with Crippen molar-refractivity contribution in [2.75, 3.05) is 6.54 Å². The molecule has 1 unspecified atom stereocenters. The van der Waals surface area contributed by atoms with Crippen molar-refractivity contribution in [2.24, 2.45) is 0 Å². The molecule has 0 aromatic heterocycles. The number of nitrogens with one attached hydrogen (secondary N) is 1. The van der Waals surface area contributed by atoms with Gasteiger partial charge in [0.25, 0.3) is 0 Å². The average molecular weight is 356 g/mol. The van der Waals surface area contributed by atoms with E-state index in [2.05, 4.69) is 27.7 Å². The van der Waals surface area contributed by atoms with E-state index in [0.717, 1.165) is 18.5 Å². The maximum atomic E-state index is 11.4. The van der Waals surface area contributed by atoms with E-state index in [1.165, 1.54) is 17.0 Å². The highest BCUT2D eigenvalue weighted by molar-refractivity contribution is 5.88. The predicted octanol–water partition coefficient (Wildman–Crippen LogP) is 3.31. The third kappa shape index (κ3) is 4.85. The highest BCUT2D eigenvalue weighted by Crippen LogP contribution is 2.34. The molecule has 4 heteroatoms. The molecule has 140 valence electrons. The van der Waals surface area contributed by atoms with Gasteiger partial charge in [0.1, 0.15) is 5.75 Å². The van der Waals surface area contributed by atoms with Gasteiger partial charge >= 0.3 is 5.97 Å². The smallest absolute Gasteiger partial charge is 0.335 e. The number of hydrogen-bond acceptors (Lipinski definition) is 2. The van der Waals surface area contributed by atoms with Crippen molar-refractivity contribution in [2.45, 2.75) is 52.1 Å². The predicted molar refractivity (Wildman–Crippen MR) is 104 cm³/mol. The van der Waals surface area contributed by atoms with E-state index >= 15 is 0 Å². The Kier molecular flexibility index (Phi) is 6.81. The number of aromatic hydroxyl groups is 1. The van der Waals surface area contributed by atoms with Crippen LogP contribution in [0.25, 0.3) is 0 Å². The minimum absolute atomic E-state index is 0.0389. The van der Waals surface area contributed by atoms with Crippen LogP contribution in [0.15, 0.2) is 48.5 Å². The van der Waals surface area contributed by atoms with Gasteiger partial charge in [0.2, 0.25) is 0 Å². The molecule has 0 bridgehead atoms. The van der Waals surface area contributed by atoms with Crippen LogP contribution in [0.2, 0.25) is 0 Å². The van der Waals surface area contributed by atoms with Crippen LogP contribution in [-0.2, 0) is 0 Å². The van der Waals surface area contributed by atoms with Crippen molar-refractivity contribution in [3.63, 3.8) is 0 Å². The number of carboxylic acid groups (broad SMARTS) is 1. The van der Waals surface area contributed by atoms with Gasteiger partial charge in [-0.1, -0.05) is 30.3 Å². The van der Waals surface area contributed by atoms with Gasteiger partial charge < -0.3 is 15.1 Å². The zero-order chi connectivity index (χ0) is 19.3. The first-order valence-electron chi connectivity index (χ1n) is 9.28. The molecule has 0 heterocycles. The summed E-state index contributed by atoms with van der Waals surface area (Å²) in [5, 5.41) is 19.8. The summed E-state index contributed by atoms with van der Waals surface area (Å²) in [4.78, 5) is 12.9. The van der Waals surface area contributed by atoms with Gasteiger partial charge in [-0.3, -0.25) is 0 Å². The van der Waals surface area contributed by atoms with Crippen molar-refractivity contribution >= 4 is 5.97 Å². The molecule has 0 saturated heterocycles. The van der Waals surface area contributed by atoms with Crippen molar-refractivity contribution in [3.05, 3.63) is 65.2 Å². The number of carbonyl (C=O) groups is 1. The summed E-state index contributed by atoms with van der Waals surface area (Å²) in [6.45, 7) is 9.82. The monoisotopic (exact) mass is 356 g/mol. The number of aromatic carboxylic acids is 1. The minimum atomic E-state index is -0.977. The lowest BCUT2D eigenvalue weighted by Crippen LogP contribution is -3.17. The molecule has 1 atom stereocenters. The maximum Gasteiger partial charge on any atom is 0.335 e. The summed E-state index contributed by atoms with van der Waals surface area (Å²) in [6.07, 6.45) is 0.840. The van der Waals surface area contributed by atoms with Gasteiger partial charge in [-0.25, -0.2) is 4.79 Å². The summed E-state index contributed by atoms with van der Waals surface area (Å²) >= 11 is 0. The molecule has 0 aliphatic rings. The Morgan fingerprint density at radius 1 is 1.00 bits per heavy atom. The Balaban J connectivity index is 2.40. The molecule has 0 fully saturated rings. The van der Waals surface area contributed by atoms with Crippen LogP contribution in [0, 0.1) is 0 Å².